The van der Waals surface area contributed by atoms with Gasteiger partial charge in [0.1, 0.15) is 5.56 Å². The van der Waals surface area contributed by atoms with Gasteiger partial charge in [0.25, 0.3) is 0 Å². The van der Waals surface area contributed by atoms with E-state index in [1.807, 2.05) is 0 Å². The Kier molecular flexibility index (Phi) is 9.28. The highest BCUT2D eigenvalue weighted by atomic mass is 35.5. The molecule has 0 aromatic rings. The van der Waals surface area contributed by atoms with Crippen LogP contribution in [0.5, 0.6) is 0 Å². The highest BCUT2D eigenvalue weighted by molar-refractivity contribution is 6.19. The molecule has 0 saturated heterocycles. The van der Waals surface area contributed by atoms with E-state index in [1.165, 1.54) is 0 Å². The van der Waals surface area contributed by atoms with Gasteiger partial charge in [0, 0.05) is 0 Å². The van der Waals surface area contributed by atoms with Crippen LogP contribution in [0.15, 0.2) is 0 Å². The first kappa shape index (κ1) is 13.4. The van der Waals surface area contributed by atoms with Crippen LogP contribution in [0.4, 0.5) is 0 Å². The van der Waals surface area contributed by atoms with E-state index < -0.39 is 11.9 Å². The van der Waals surface area contributed by atoms with Crippen molar-refractivity contribution in [2.24, 2.45) is 0 Å². The zero-order valence-electron chi connectivity index (χ0n) is 7.16. The van der Waals surface area contributed by atoms with Crippen molar-refractivity contribution >= 4 is 23.5 Å². The summed E-state index contributed by atoms with van der Waals surface area (Å²) in [6, 6.07) is 0. The van der Waals surface area contributed by atoms with Crippen LogP contribution in [0.3, 0.4) is 0 Å². The Morgan fingerprint density at radius 1 is 1.15 bits per heavy atom. The molecule has 0 rings (SSSR count). The first-order valence-corrected chi connectivity index (χ1v) is 4.76. The van der Waals surface area contributed by atoms with Gasteiger partial charge in [0.05, 0.1) is 25.1 Å². The molecule has 6 heteroatoms. The van der Waals surface area contributed by atoms with Gasteiger partial charge in [0.2, 0.25) is 0 Å². The van der Waals surface area contributed by atoms with Crippen LogP contribution in [0.1, 0.15) is 19.3 Å². The molecule has 0 bridgehead atoms. The average Bonchev–Trinajstić information content (AvgIpc) is 2.04. The number of ether oxygens (including phenoxy) is 1. The SMILES string of the molecule is OC(Cl)CCCC(O)OCCOCl. The normalized spacial score (nSPS) is 15.7. The van der Waals surface area contributed by atoms with Gasteiger partial charge in [0.15, 0.2) is 6.29 Å². The van der Waals surface area contributed by atoms with Crippen LogP contribution in [0.25, 0.3) is 0 Å². The van der Waals surface area contributed by atoms with Crippen molar-refractivity contribution in [1.29, 1.82) is 0 Å². The van der Waals surface area contributed by atoms with Crippen LogP contribution in [0, 0.1) is 0 Å². The van der Waals surface area contributed by atoms with Crippen LogP contribution in [0.2, 0.25) is 0 Å². The summed E-state index contributed by atoms with van der Waals surface area (Å²) in [4.78, 5) is 0. The van der Waals surface area contributed by atoms with E-state index >= 15 is 0 Å². The number of hydrogen-bond acceptors (Lipinski definition) is 4. The molecule has 13 heavy (non-hydrogen) atoms. The van der Waals surface area contributed by atoms with Gasteiger partial charge in [-0.25, -0.2) is 0 Å². The van der Waals surface area contributed by atoms with Gasteiger partial charge in [-0.15, -0.1) is 0 Å². The van der Waals surface area contributed by atoms with Crippen molar-refractivity contribution in [3.05, 3.63) is 0 Å². The van der Waals surface area contributed by atoms with Gasteiger partial charge in [-0.05, 0) is 19.3 Å². The Morgan fingerprint density at radius 3 is 2.38 bits per heavy atom. The molecular weight excluding hydrogens is 219 g/mol. The second-order valence-electron chi connectivity index (χ2n) is 2.50. The molecular formula is C7H14Cl2O4. The molecule has 0 aromatic carbocycles. The molecule has 2 atom stereocenters. The number of rotatable bonds is 8. The Bertz CT molecular complexity index is 113. The van der Waals surface area contributed by atoms with Gasteiger partial charge < -0.3 is 14.9 Å². The molecule has 0 aliphatic carbocycles. The summed E-state index contributed by atoms with van der Waals surface area (Å²) in [5.41, 5.74) is -0.849. The molecule has 0 aromatic heterocycles. The van der Waals surface area contributed by atoms with E-state index in [-0.39, 0.29) is 13.2 Å². The van der Waals surface area contributed by atoms with Gasteiger partial charge in [-0.1, -0.05) is 11.6 Å². The fraction of sp³-hybridized carbons (Fsp3) is 1.00. The maximum absolute atomic E-state index is 9.14. The van der Waals surface area contributed by atoms with Crippen molar-refractivity contribution in [3.8, 4) is 0 Å². The van der Waals surface area contributed by atoms with E-state index in [1.54, 1.807) is 0 Å². The molecule has 80 valence electrons. The molecule has 0 radical (unpaired) electrons. The topological polar surface area (TPSA) is 58.9 Å². The Balaban J connectivity index is 3.15. The minimum atomic E-state index is -0.849. The first-order chi connectivity index (χ1) is 6.16. The molecule has 4 nitrogen and oxygen atoms in total. The van der Waals surface area contributed by atoms with Gasteiger partial charge >= 0.3 is 0 Å². The molecule has 0 heterocycles. The lowest BCUT2D eigenvalue weighted by Crippen LogP contribution is -2.15. The fourth-order valence-corrected chi connectivity index (χ4v) is 0.977. The molecule has 0 spiro atoms. The van der Waals surface area contributed by atoms with Crippen molar-refractivity contribution < 1.29 is 19.2 Å². The zero-order valence-corrected chi connectivity index (χ0v) is 8.67. The third-order valence-corrected chi connectivity index (χ3v) is 1.74. The van der Waals surface area contributed by atoms with Gasteiger partial charge in [-0.3, -0.25) is 4.29 Å². The van der Waals surface area contributed by atoms with Crippen LogP contribution in [-0.4, -0.2) is 35.3 Å². The quantitative estimate of drug-likeness (QED) is 0.376. The van der Waals surface area contributed by atoms with Crippen molar-refractivity contribution in [1.82, 2.24) is 0 Å². The third-order valence-electron chi connectivity index (χ3n) is 1.36. The minimum absolute atomic E-state index is 0.233. The van der Waals surface area contributed by atoms with E-state index in [4.69, 9.17) is 38.4 Å². The number of halogens is 2. The zero-order chi connectivity index (χ0) is 10.1. The average molecular weight is 233 g/mol. The predicted octanol–water partition coefficient (Wildman–Crippen LogP) is 1.22. The number of hydrogen-bond donors (Lipinski definition) is 2. The maximum atomic E-state index is 9.14. The monoisotopic (exact) mass is 232 g/mol. The van der Waals surface area contributed by atoms with E-state index in [0.29, 0.717) is 19.3 Å². The summed E-state index contributed by atoms with van der Waals surface area (Å²) < 4.78 is 9.10. The summed E-state index contributed by atoms with van der Waals surface area (Å²) in [5.74, 6) is 0. The maximum Gasteiger partial charge on any atom is 0.154 e. The lowest BCUT2D eigenvalue weighted by Gasteiger charge is -2.11. The Morgan fingerprint density at radius 2 is 1.85 bits per heavy atom. The highest BCUT2D eigenvalue weighted by Gasteiger charge is 2.05. The largest absolute Gasteiger partial charge is 0.378 e. The van der Waals surface area contributed by atoms with E-state index in [0.717, 1.165) is 0 Å². The molecule has 0 aliphatic rings. The van der Waals surface area contributed by atoms with Gasteiger partial charge in [-0.2, -0.15) is 0 Å². The summed E-state index contributed by atoms with van der Waals surface area (Å²) in [6.07, 6.45) is 0.635. The minimum Gasteiger partial charge on any atom is -0.378 e. The Labute approximate surface area is 87.5 Å². The number of aliphatic hydroxyl groups excluding tert-OH is 2. The molecule has 0 fully saturated rings. The van der Waals surface area contributed by atoms with Crippen molar-refractivity contribution in [2.75, 3.05) is 13.2 Å². The summed E-state index contributed by atoms with van der Waals surface area (Å²) >= 11 is 10.2. The molecule has 0 amide bonds. The number of aliphatic hydroxyl groups is 2. The van der Waals surface area contributed by atoms with Crippen LogP contribution >= 0.6 is 23.5 Å². The smallest absolute Gasteiger partial charge is 0.154 e. The lowest BCUT2D eigenvalue weighted by atomic mass is 10.2. The van der Waals surface area contributed by atoms with Crippen molar-refractivity contribution in [2.45, 2.75) is 31.1 Å². The summed E-state index contributed by atoms with van der Waals surface area (Å²) in [6.45, 7) is 0.477. The fourth-order valence-electron chi connectivity index (χ4n) is 0.760. The highest BCUT2D eigenvalue weighted by Crippen LogP contribution is 2.07. The first-order valence-electron chi connectivity index (χ1n) is 4.02. The molecule has 0 aliphatic heterocycles. The lowest BCUT2D eigenvalue weighted by molar-refractivity contribution is -0.109. The second-order valence-corrected chi connectivity index (χ2v) is 3.23. The standard InChI is InChI=1S/C7H14Cl2O4/c8-6(10)2-1-3-7(11)12-4-5-13-9/h6-7,10-11H,1-5H2. The predicted molar refractivity (Wildman–Crippen MR) is 49.5 cm³/mol. The number of alkyl halides is 1. The van der Waals surface area contributed by atoms with Crippen LogP contribution in [-0.2, 0) is 9.03 Å². The summed E-state index contributed by atoms with van der Waals surface area (Å²) in [7, 11) is 0. The molecule has 2 unspecified atom stereocenters. The second kappa shape index (κ2) is 8.99. The van der Waals surface area contributed by atoms with E-state index in [2.05, 4.69) is 4.29 Å². The van der Waals surface area contributed by atoms with E-state index in [9.17, 15) is 0 Å². The van der Waals surface area contributed by atoms with Crippen LogP contribution < -0.4 is 0 Å². The third kappa shape index (κ3) is 10.3. The molecule has 0 saturated carbocycles. The van der Waals surface area contributed by atoms with Crippen molar-refractivity contribution in [3.63, 3.8) is 0 Å². The molecule has 2 N–H and O–H groups in total. The summed E-state index contributed by atoms with van der Waals surface area (Å²) in [5, 5.41) is 17.8. The Hall–Kier alpha value is 0.420.